The summed E-state index contributed by atoms with van der Waals surface area (Å²) >= 11 is 2.94. The number of anilines is 2. The maximum atomic E-state index is 4.74. The first-order valence-corrected chi connectivity index (χ1v) is 10.7. The third-order valence-electron chi connectivity index (χ3n) is 4.72. The van der Waals surface area contributed by atoms with Gasteiger partial charge in [0.05, 0.1) is 0 Å². The molecular formula is C20H18N6S2. The van der Waals surface area contributed by atoms with Crippen molar-refractivity contribution in [2.24, 2.45) is 0 Å². The van der Waals surface area contributed by atoms with Crippen molar-refractivity contribution in [1.82, 2.24) is 18.7 Å². The van der Waals surface area contributed by atoms with Gasteiger partial charge in [0, 0.05) is 60.4 Å². The molecule has 4 aromatic rings. The fraction of sp³-hybridized carbons (Fsp3) is 0.200. The Labute approximate surface area is 171 Å². The molecule has 0 radical (unpaired) electrons. The Kier molecular flexibility index (Phi) is 4.72. The molecule has 2 aromatic heterocycles. The van der Waals surface area contributed by atoms with E-state index < -0.39 is 0 Å². The zero-order chi connectivity index (χ0) is 18.8. The molecule has 8 heteroatoms. The maximum Gasteiger partial charge on any atom is 0.205 e. The standard InChI is InChI=1S/C20H18N6S2/c1-3-7-15(8-4-1)17-21-19(27-23-17)25-11-13-26(14-12-25)20-22-18(24-28-20)16-9-5-2-6-10-16/h1-10H,11-14H2. The average Bonchev–Trinajstić information content (AvgIpc) is 3.46. The van der Waals surface area contributed by atoms with Crippen molar-refractivity contribution in [2.75, 3.05) is 36.0 Å². The average molecular weight is 407 g/mol. The lowest BCUT2D eigenvalue weighted by molar-refractivity contribution is 0.651. The minimum absolute atomic E-state index is 0.805. The Morgan fingerprint density at radius 2 is 0.964 bits per heavy atom. The number of nitrogens with zero attached hydrogens (tertiary/aromatic N) is 6. The van der Waals surface area contributed by atoms with Crippen LogP contribution in [0.25, 0.3) is 22.8 Å². The van der Waals surface area contributed by atoms with E-state index in [2.05, 4.69) is 18.5 Å². The van der Waals surface area contributed by atoms with Crippen molar-refractivity contribution >= 4 is 33.3 Å². The second-order valence-electron chi connectivity index (χ2n) is 6.51. The molecule has 0 amide bonds. The first-order chi connectivity index (χ1) is 13.9. The van der Waals surface area contributed by atoms with Crippen LogP contribution in [0.15, 0.2) is 60.7 Å². The molecule has 1 aliphatic heterocycles. The number of aromatic nitrogens is 4. The summed E-state index contributed by atoms with van der Waals surface area (Å²) in [7, 11) is 0. The van der Waals surface area contributed by atoms with E-state index in [1.165, 1.54) is 23.1 Å². The zero-order valence-corrected chi connectivity index (χ0v) is 16.7. The molecule has 28 heavy (non-hydrogen) atoms. The van der Waals surface area contributed by atoms with Crippen LogP contribution in [-0.2, 0) is 0 Å². The lowest BCUT2D eigenvalue weighted by Gasteiger charge is -2.33. The van der Waals surface area contributed by atoms with Gasteiger partial charge < -0.3 is 9.80 Å². The molecule has 1 aliphatic rings. The van der Waals surface area contributed by atoms with Gasteiger partial charge in [0.25, 0.3) is 0 Å². The third kappa shape index (κ3) is 3.48. The first-order valence-electron chi connectivity index (χ1n) is 9.15. The minimum Gasteiger partial charge on any atom is -0.343 e. The number of hydrogen-bond donors (Lipinski definition) is 0. The summed E-state index contributed by atoms with van der Waals surface area (Å²) in [5, 5.41) is 1.97. The monoisotopic (exact) mass is 406 g/mol. The highest BCUT2D eigenvalue weighted by Crippen LogP contribution is 2.28. The van der Waals surface area contributed by atoms with Crippen molar-refractivity contribution < 1.29 is 0 Å². The summed E-state index contributed by atoms with van der Waals surface area (Å²) in [6.45, 7) is 3.63. The van der Waals surface area contributed by atoms with E-state index in [0.29, 0.717) is 0 Å². The summed E-state index contributed by atoms with van der Waals surface area (Å²) in [6.07, 6.45) is 0. The van der Waals surface area contributed by atoms with Gasteiger partial charge in [-0.25, -0.2) is 0 Å². The second-order valence-corrected chi connectivity index (χ2v) is 7.97. The fourth-order valence-corrected chi connectivity index (χ4v) is 4.67. The van der Waals surface area contributed by atoms with Crippen LogP contribution in [0.3, 0.4) is 0 Å². The largest absolute Gasteiger partial charge is 0.343 e. The zero-order valence-electron chi connectivity index (χ0n) is 15.1. The molecule has 140 valence electrons. The van der Waals surface area contributed by atoms with Gasteiger partial charge in [-0.2, -0.15) is 18.7 Å². The molecule has 1 fully saturated rings. The molecule has 0 N–H and O–H groups in total. The van der Waals surface area contributed by atoms with E-state index in [9.17, 15) is 0 Å². The van der Waals surface area contributed by atoms with Crippen molar-refractivity contribution in [3.63, 3.8) is 0 Å². The molecule has 2 aromatic carbocycles. The Morgan fingerprint density at radius 3 is 1.36 bits per heavy atom. The number of hydrogen-bond acceptors (Lipinski definition) is 8. The summed E-state index contributed by atoms with van der Waals surface area (Å²) in [4.78, 5) is 14.1. The van der Waals surface area contributed by atoms with Crippen molar-refractivity contribution in [1.29, 1.82) is 0 Å². The third-order valence-corrected chi connectivity index (χ3v) is 6.27. The van der Waals surface area contributed by atoms with E-state index in [-0.39, 0.29) is 0 Å². The van der Waals surface area contributed by atoms with Gasteiger partial charge in [0.15, 0.2) is 11.6 Å². The van der Waals surface area contributed by atoms with Gasteiger partial charge in [0.2, 0.25) is 10.3 Å². The Hall–Kier alpha value is -2.84. The first kappa shape index (κ1) is 17.3. The Morgan fingerprint density at radius 1 is 0.571 bits per heavy atom. The molecule has 6 nitrogen and oxygen atoms in total. The van der Waals surface area contributed by atoms with Crippen LogP contribution in [0.4, 0.5) is 10.3 Å². The quantitative estimate of drug-likeness (QED) is 0.510. The fourth-order valence-electron chi connectivity index (χ4n) is 3.19. The van der Waals surface area contributed by atoms with Crippen LogP contribution in [0.2, 0.25) is 0 Å². The van der Waals surface area contributed by atoms with Crippen molar-refractivity contribution in [3.05, 3.63) is 60.7 Å². The van der Waals surface area contributed by atoms with Crippen LogP contribution in [0.1, 0.15) is 0 Å². The molecule has 0 spiro atoms. The van der Waals surface area contributed by atoms with Crippen LogP contribution in [-0.4, -0.2) is 44.9 Å². The number of benzene rings is 2. The van der Waals surface area contributed by atoms with Gasteiger partial charge in [-0.1, -0.05) is 60.7 Å². The van der Waals surface area contributed by atoms with E-state index >= 15 is 0 Å². The summed E-state index contributed by atoms with van der Waals surface area (Å²) in [6, 6.07) is 20.3. The normalized spacial score (nSPS) is 14.4. The van der Waals surface area contributed by atoms with Gasteiger partial charge in [-0.3, -0.25) is 0 Å². The molecule has 0 saturated carbocycles. The summed E-state index contributed by atoms with van der Waals surface area (Å²) in [5.41, 5.74) is 2.12. The van der Waals surface area contributed by atoms with E-state index in [4.69, 9.17) is 9.97 Å². The molecule has 0 bridgehead atoms. The predicted octanol–water partition coefficient (Wildman–Crippen LogP) is 4.05. The predicted molar refractivity (Wildman–Crippen MR) is 115 cm³/mol. The number of rotatable bonds is 4. The lowest BCUT2D eigenvalue weighted by Crippen LogP contribution is -2.46. The molecule has 0 aliphatic carbocycles. The minimum atomic E-state index is 0.805. The lowest BCUT2D eigenvalue weighted by atomic mass is 10.2. The van der Waals surface area contributed by atoms with E-state index in [1.54, 1.807) is 0 Å². The Bertz CT molecular complexity index is 953. The maximum absolute atomic E-state index is 4.74. The SMILES string of the molecule is c1ccc(-c2nsc(N3CCN(c4nc(-c5ccccc5)ns4)CC3)n2)cc1. The number of piperazine rings is 1. The van der Waals surface area contributed by atoms with Crippen LogP contribution < -0.4 is 9.80 Å². The summed E-state index contributed by atoms with van der Waals surface area (Å²) < 4.78 is 9.06. The molecule has 3 heterocycles. The van der Waals surface area contributed by atoms with Gasteiger partial charge in [0.1, 0.15) is 0 Å². The van der Waals surface area contributed by atoms with Gasteiger partial charge in [-0.15, -0.1) is 0 Å². The summed E-state index contributed by atoms with van der Waals surface area (Å²) in [5.74, 6) is 1.61. The smallest absolute Gasteiger partial charge is 0.205 e. The molecule has 0 unspecified atom stereocenters. The van der Waals surface area contributed by atoms with Crippen LogP contribution in [0, 0.1) is 0 Å². The molecule has 5 rings (SSSR count). The highest BCUT2D eigenvalue weighted by Gasteiger charge is 2.23. The molecular weight excluding hydrogens is 388 g/mol. The highest BCUT2D eigenvalue weighted by atomic mass is 32.1. The van der Waals surface area contributed by atoms with E-state index in [0.717, 1.165) is 59.2 Å². The van der Waals surface area contributed by atoms with Crippen LogP contribution >= 0.6 is 23.1 Å². The van der Waals surface area contributed by atoms with Gasteiger partial charge in [-0.05, 0) is 0 Å². The van der Waals surface area contributed by atoms with Crippen molar-refractivity contribution in [3.8, 4) is 22.8 Å². The molecule has 0 atom stereocenters. The van der Waals surface area contributed by atoms with Crippen LogP contribution in [0.5, 0.6) is 0 Å². The van der Waals surface area contributed by atoms with Gasteiger partial charge >= 0.3 is 0 Å². The van der Waals surface area contributed by atoms with E-state index in [1.807, 2.05) is 60.7 Å². The topological polar surface area (TPSA) is 58.0 Å². The van der Waals surface area contributed by atoms with Crippen molar-refractivity contribution in [2.45, 2.75) is 0 Å². The molecule has 1 saturated heterocycles. The second kappa shape index (κ2) is 7.65. The highest BCUT2D eigenvalue weighted by molar-refractivity contribution is 7.10. The Balaban J connectivity index is 1.25.